The number of Topliss-reactive ketones (excluding diaryl/α,β-unsaturated/α-hetero) is 1. The molecule has 0 aliphatic carbocycles. The molecule has 0 unspecified atom stereocenters. The van der Waals surface area contributed by atoms with Gasteiger partial charge < -0.3 is 10.3 Å². The summed E-state index contributed by atoms with van der Waals surface area (Å²) in [6.07, 6.45) is 6.68. The average molecular weight is 603 g/mol. The molecule has 0 aliphatic rings. The van der Waals surface area contributed by atoms with Crippen LogP contribution in [0.2, 0.25) is 0 Å². The lowest BCUT2D eigenvalue weighted by molar-refractivity contribution is -0.115. The first-order valence-corrected chi connectivity index (χ1v) is 14.6. The minimum atomic E-state index is -0.562. The van der Waals surface area contributed by atoms with Crippen molar-refractivity contribution in [3.8, 4) is 33.2 Å². The summed E-state index contributed by atoms with van der Waals surface area (Å²) >= 11 is 1.36. The zero-order valence-electron chi connectivity index (χ0n) is 23.3. The van der Waals surface area contributed by atoms with Gasteiger partial charge in [0.05, 0.1) is 39.0 Å². The number of anilines is 1. The van der Waals surface area contributed by atoms with Crippen molar-refractivity contribution in [3.05, 3.63) is 95.6 Å². The number of benzene rings is 1. The summed E-state index contributed by atoms with van der Waals surface area (Å²) < 4.78 is 16.2. The van der Waals surface area contributed by atoms with E-state index in [0.717, 1.165) is 10.4 Å². The number of pyridine rings is 3. The molecule has 216 valence electrons. The predicted octanol–water partition coefficient (Wildman–Crippen LogP) is 6.60. The molecule has 7 aromatic rings. The number of ketones is 1. The molecule has 44 heavy (non-hydrogen) atoms. The molecule has 0 fully saturated rings. The fourth-order valence-electron chi connectivity index (χ4n) is 4.99. The molecule has 12 heteroatoms. The van der Waals surface area contributed by atoms with Crippen molar-refractivity contribution in [2.75, 3.05) is 5.32 Å². The van der Waals surface area contributed by atoms with E-state index >= 15 is 4.39 Å². The van der Waals surface area contributed by atoms with Crippen LogP contribution < -0.4 is 5.32 Å². The fourth-order valence-corrected chi connectivity index (χ4v) is 6.00. The average Bonchev–Trinajstić information content (AvgIpc) is 3.80. The maximum atomic E-state index is 16.2. The Labute approximate surface area is 253 Å². The molecule has 0 saturated carbocycles. The second-order valence-electron chi connectivity index (χ2n) is 10.0. The minimum absolute atomic E-state index is 0.0640. The first kappa shape index (κ1) is 27.2. The third kappa shape index (κ3) is 5.01. The first-order valence-electron chi connectivity index (χ1n) is 13.8. The zero-order valence-corrected chi connectivity index (χ0v) is 24.1. The molecule has 0 saturated heterocycles. The van der Waals surface area contributed by atoms with E-state index < -0.39 is 5.82 Å². The summed E-state index contributed by atoms with van der Waals surface area (Å²) in [4.78, 5) is 47.4. The molecule has 6 aromatic heterocycles. The van der Waals surface area contributed by atoms with Gasteiger partial charge in [-0.25, -0.2) is 14.4 Å². The molecule has 6 heterocycles. The normalized spacial score (nSPS) is 11.3. The number of rotatable bonds is 8. The van der Waals surface area contributed by atoms with Crippen molar-refractivity contribution >= 4 is 50.8 Å². The van der Waals surface area contributed by atoms with Crippen LogP contribution in [0.1, 0.15) is 28.6 Å². The largest absolute Gasteiger partial charge is 0.337 e. The van der Waals surface area contributed by atoms with Gasteiger partial charge in [0.2, 0.25) is 5.91 Å². The van der Waals surface area contributed by atoms with Gasteiger partial charge in [0, 0.05) is 36.1 Å². The number of aromatic nitrogens is 7. The number of thiophene rings is 1. The fraction of sp³-hybridized carbons (Fsp3) is 0.0938. The van der Waals surface area contributed by atoms with Gasteiger partial charge in [-0.1, -0.05) is 37.3 Å². The number of nitrogens with one attached hydrogen (secondary N) is 3. The quantitative estimate of drug-likeness (QED) is 0.166. The van der Waals surface area contributed by atoms with E-state index in [1.54, 1.807) is 24.4 Å². The van der Waals surface area contributed by atoms with Gasteiger partial charge in [-0.3, -0.25) is 24.7 Å². The van der Waals surface area contributed by atoms with E-state index in [9.17, 15) is 9.59 Å². The van der Waals surface area contributed by atoms with Crippen LogP contribution in [-0.4, -0.2) is 46.8 Å². The highest BCUT2D eigenvalue weighted by Crippen LogP contribution is 2.36. The Morgan fingerprint density at radius 1 is 1.02 bits per heavy atom. The molecule has 1 amide bonds. The number of carbonyl (C=O) groups excluding carboxylic acids is 2. The van der Waals surface area contributed by atoms with E-state index in [-0.39, 0.29) is 34.7 Å². The second-order valence-corrected chi connectivity index (χ2v) is 11.1. The lowest BCUT2D eigenvalue weighted by Gasteiger charge is -2.08. The lowest BCUT2D eigenvalue weighted by atomic mass is 10.1. The topological polar surface area (TPSA) is 142 Å². The minimum Gasteiger partial charge on any atom is -0.337 e. The molecule has 0 radical (unpaired) electrons. The lowest BCUT2D eigenvalue weighted by Crippen LogP contribution is -2.14. The molecule has 1 aromatic carbocycles. The zero-order chi connectivity index (χ0) is 30.2. The van der Waals surface area contributed by atoms with Gasteiger partial charge >= 0.3 is 0 Å². The highest BCUT2D eigenvalue weighted by molar-refractivity contribution is 7.17. The Balaban J connectivity index is 1.23. The molecule has 0 spiro atoms. The van der Waals surface area contributed by atoms with Gasteiger partial charge in [0.15, 0.2) is 17.3 Å². The van der Waals surface area contributed by atoms with Gasteiger partial charge in [-0.2, -0.15) is 5.10 Å². The summed E-state index contributed by atoms with van der Waals surface area (Å²) in [5.41, 5.74) is 4.33. The van der Waals surface area contributed by atoms with E-state index in [1.165, 1.54) is 29.9 Å². The Morgan fingerprint density at radius 3 is 2.73 bits per heavy atom. The van der Waals surface area contributed by atoms with Crippen LogP contribution in [0.15, 0.2) is 79.4 Å². The molecular weight excluding hydrogens is 579 g/mol. The van der Waals surface area contributed by atoms with E-state index in [0.29, 0.717) is 50.8 Å². The summed E-state index contributed by atoms with van der Waals surface area (Å²) in [6, 6.07) is 16.5. The molecule has 10 nitrogen and oxygen atoms in total. The smallest absolute Gasteiger partial charge is 0.228 e. The van der Waals surface area contributed by atoms with Gasteiger partial charge in [-0.05, 0) is 29.8 Å². The van der Waals surface area contributed by atoms with Crippen molar-refractivity contribution in [2.24, 2.45) is 0 Å². The molecular formula is C32H23FN8O2S. The molecule has 0 atom stereocenters. The Morgan fingerprint density at radius 2 is 1.89 bits per heavy atom. The van der Waals surface area contributed by atoms with Crippen LogP contribution >= 0.6 is 11.3 Å². The van der Waals surface area contributed by atoms with Crippen molar-refractivity contribution in [3.63, 3.8) is 0 Å². The second kappa shape index (κ2) is 11.2. The van der Waals surface area contributed by atoms with Crippen LogP contribution in [0.5, 0.6) is 0 Å². The summed E-state index contributed by atoms with van der Waals surface area (Å²) in [6.45, 7) is 1.83. The summed E-state index contributed by atoms with van der Waals surface area (Å²) in [5, 5.41) is 10.1. The number of nitrogens with zero attached hydrogens (tertiary/aromatic N) is 5. The van der Waals surface area contributed by atoms with E-state index in [1.807, 2.05) is 43.3 Å². The first-order chi connectivity index (χ1) is 21.5. The monoisotopic (exact) mass is 602 g/mol. The number of carbonyl (C=O) groups is 2. The number of aromatic amines is 2. The Kier molecular flexibility index (Phi) is 6.95. The number of hydrogen-bond acceptors (Lipinski definition) is 8. The van der Waals surface area contributed by atoms with Crippen LogP contribution in [0.25, 0.3) is 55.3 Å². The maximum Gasteiger partial charge on any atom is 0.228 e. The molecule has 0 aliphatic heterocycles. The predicted molar refractivity (Wildman–Crippen MR) is 167 cm³/mol. The number of fused-ring (bicyclic) bond motifs is 2. The van der Waals surface area contributed by atoms with Crippen molar-refractivity contribution < 1.29 is 14.0 Å². The van der Waals surface area contributed by atoms with Crippen LogP contribution in [0, 0.1) is 5.82 Å². The van der Waals surface area contributed by atoms with Gasteiger partial charge in [0.1, 0.15) is 22.7 Å². The maximum absolute atomic E-state index is 16.2. The van der Waals surface area contributed by atoms with E-state index in [4.69, 9.17) is 4.98 Å². The third-order valence-electron chi connectivity index (χ3n) is 7.13. The van der Waals surface area contributed by atoms with Gasteiger partial charge in [-0.15, -0.1) is 11.3 Å². The van der Waals surface area contributed by atoms with Crippen LogP contribution in [0.3, 0.4) is 0 Å². The van der Waals surface area contributed by atoms with Crippen molar-refractivity contribution in [1.29, 1.82) is 0 Å². The third-order valence-corrected chi connectivity index (χ3v) is 8.27. The SMILES string of the molecule is CCC(=O)c1ccc(-c2nccc3[nH]c(-c4[nH]nc5ncc(-c6cncc(NC(=O)Cc7ccccc7)c6)c(F)c45)nc23)s1. The Hall–Kier alpha value is -5.62. The van der Waals surface area contributed by atoms with Crippen LogP contribution in [0.4, 0.5) is 10.1 Å². The summed E-state index contributed by atoms with van der Waals surface area (Å²) in [5.74, 6) is -0.353. The number of halogens is 1. The Bertz CT molecular complexity index is 2190. The molecule has 3 N–H and O–H groups in total. The number of imidazole rings is 1. The number of amides is 1. The van der Waals surface area contributed by atoms with Crippen LogP contribution in [-0.2, 0) is 11.2 Å². The standard InChI is InChI=1S/C32H23FN8O2S/c1-2-22(42)23-8-9-24(44-23)29-28-21(10-11-35-29)38-32(39-28)30-26-27(33)20(16-36-31(26)41-40-30)18-13-19(15-34-14-18)37-25(43)12-17-6-4-3-5-7-17/h3-11,13-16H,2,12H2,1H3,(H,37,43)(H,38,39)(H,36,40,41). The highest BCUT2D eigenvalue weighted by atomic mass is 32.1. The highest BCUT2D eigenvalue weighted by Gasteiger charge is 2.22. The molecule has 0 bridgehead atoms. The number of hydrogen-bond donors (Lipinski definition) is 3. The van der Waals surface area contributed by atoms with Gasteiger partial charge in [0.25, 0.3) is 0 Å². The van der Waals surface area contributed by atoms with E-state index in [2.05, 4.69) is 35.5 Å². The van der Waals surface area contributed by atoms with Crippen molar-refractivity contribution in [2.45, 2.75) is 19.8 Å². The van der Waals surface area contributed by atoms with Crippen molar-refractivity contribution in [1.82, 2.24) is 35.1 Å². The molecule has 7 rings (SSSR count). The summed E-state index contributed by atoms with van der Waals surface area (Å²) in [7, 11) is 0. The number of H-pyrrole nitrogens is 2.